The summed E-state index contributed by atoms with van der Waals surface area (Å²) in [5, 5.41) is 4.10. The maximum Gasteiger partial charge on any atom is 0.332 e. The number of urea groups is 1. The second-order valence-corrected chi connectivity index (χ2v) is 14.0. The normalized spacial score (nSPS) is 22.1. The molecule has 3 aromatic carbocycles. The molecule has 7 rings (SSSR count). The minimum atomic E-state index is -1.53. The van der Waals surface area contributed by atoms with Crippen LogP contribution >= 0.6 is 0 Å². The minimum Gasteiger partial charge on any atom is -0.491 e. The molecule has 3 fully saturated rings. The van der Waals surface area contributed by atoms with Gasteiger partial charge in [-0.25, -0.2) is 28.1 Å². The van der Waals surface area contributed by atoms with Crippen LogP contribution in [0.2, 0.25) is 0 Å². The Morgan fingerprint density at radius 3 is 2.15 bits per heavy atom. The lowest BCUT2D eigenvalue weighted by atomic mass is 10.0. The molecule has 0 radical (unpaired) electrons. The summed E-state index contributed by atoms with van der Waals surface area (Å²) in [6.45, 7) is 9.75. The fourth-order valence-electron chi connectivity index (χ4n) is 7.13. The van der Waals surface area contributed by atoms with E-state index in [9.17, 15) is 23.2 Å². The molecule has 0 spiro atoms. The Bertz CT molecular complexity index is 1970. The quantitative estimate of drug-likeness (QED) is 0.200. The van der Waals surface area contributed by atoms with Crippen molar-refractivity contribution in [3.63, 3.8) is 0 Å². The van der Waals surface area contributed by atoms with Crippen molar-refractivity contribution < 1.29 is 37.4 Å². The molecule has 53 heavy (non-hydrogen) atoms. The van der Waals surface area contributed by atoms with Crippen LogP contribution in [0.1, 0.15) is 33.3 Å². The van der Waals surface area contributed by atoms with E-state index in [1.54, 1.807) is 32.9 Å². The second-order valence-electron chi connectivity index (χ2n) is 14.0. The van der Waals surface area contributed by atoms with Crippen molar-refractivity contribution >= 4 is 34.8 Å². The molecule has 3 aliphatic heterocycles. The van der Waals surface area contributed by atoms with Crippen molar-refractivity contribution in [3.05, 3.63) is 96.6 Å². The van der Waals surface area contributed by atoms with Crippen LogP contribution in [-0.4, -0.2) is 94.5 Å². The molecule has 3 saturated heterocycles. The predicted molar refractivity (Wildman–Crippen MR) is 191 cm³/mol. The third-order valence-corrected chi connectivity index (χ3v) is 10.1. The van der Waals surface area contributed by atoms with Crippen LogP contribution in [0.3, 0.4) is 0 Å². The maximum absolute atomic E-state index is 14.9. The molecule has 4 heterocycles. The van der Waals surface area contributed by atoms with Gasteiger partial charge in [0.05, 0.1) is 18.3 Å². The van der Waals surface area contributed by atoms with Gasteiger partial charge in [-0.3, -0.25) is 9.59 Å². The number of imide groups is 1. The highest BCUT2D eigenvalue weighted by Crippen LogP contribution is 2.38. The van der Waals surface area contributed by atoms with E-state index in [0.29, 0.717) is 11.4 Å². The molecule has 278 valence electrons. The van der Waals surface area contributed by atoms with Crippen LogP contribution < -0.4 is 19.4 Å². The number of ketones is 1. The number of rotatable bonds is 11. The van der Waals surface area contributed by atoms with Gasteiger partial charge in [0.2, 0.25) is 5.79 Å². The molecular formula is C38H41F2N7O6. The first-order valence-electron chi connectivity index (χ1n) is 17.5. The molecule has 13 nitrogen and oxygen atoms in total. The van der Waals surface area contributed by atoms with Crippen molar-refractivity contribution in [2.45, 2.75) is 57.7 Å². The lowest BCUT2D eigenvalue weighted by Gasteiger charge is -2.37. The summed E-state index contributed by atoms with van der Waals surface area (Å²) in [7, 11) is 0. The summed E-state index contributed by atoms with van der Waals surface area (Å²) in [5.74, 6) is -2.93. The summed E-state index contributed by atoms with van der Waals surface area (Å²) < 4.78 is 48.3. The lowest BCUT2D eigenvalue weighted by molar-refractivity contribution is -0.192. The summed E-state index contributed by atoms with van der Waals surface area (Å²) in [6.07, 6.45) is 2.29. The van der Waals surface area contributed by atoms with E-state index < -0.39 is 41.1 Å². The average molecular weight is 730 g/mol. The largest absolute Gasteiger partial charge is 0.491 e. The molecule has 3 amide bonds. The molecule has 0 bridgehead atoms. The van der Waals surface area contributed by atoms with Gasteiger partial charge in [0.25, 0.3) is 5.91 Å². The number of carbonyl (C=O) groups excluding carboxylic acids is 3. The number of hydrogen-bond donors (Lipinski definition) is 0. The number of amides is 3. The highest BCUT2D eigenvalue weighted by Gasteiger charge is 2.54. The zero-order chi connectivity index (χ0) is 37.5. The van der Waals surface area contributed by atoms with Crippen molar-refractivity contribution in [1.82, 2.24) is 19.7 Å². The number of aromatic nitrogens is 3. The van der Waals surface area contributed by atoms with Gasteiger partial charge in [-0.05, 0) is 88.4 Å². The third-order valence-electron chi connectivity index (χ3n) is 10.1. The number of carbonyl (C=O) groups is 3. The number of benzene rings is 3. The molecule has 3 atom stereocenters. The van der Waals surface area contributed by atoms with Crippen LogP contribution in [0.25, 0.3) is 0 Å². The predicted octanol–water partition coefficient (Wildman–Crippen LogP) is 4.76. The Labute approximate surface area is 305 Å². The summed E-state index contributed by atoms with van der Waals surface area (Å²) in [4.78, 5) is 49.7. The van der Waals surface area contributed by atoms with Gasteiger partial charge in [-0.15, -0.1) is 0 Å². The molecule has 0 saturated carbocycles. The number of Topliss-reactive ketones (excluding diaryl/α,β-unsaturated/α-hetero) is 1. The first-order chi connectivity index (χ1) is 25.4. The third kappa shape index (κ3) is 6.93. The number of anilines is 3. The Hall–Kier alpha value is -5.41. The van der Waals surface area contributed by atoms with Gasteiger partial charge in [0.1, 0.15) is 54.8 Å². The van der Waals surface area contributed by atoms with E-state index in [0.717, 1.165) is 54.6 Å². The Morgan fingerprint density at radius 1 is 0.943 bits per heavy atom. The van der Waals surface area contributed by atoms with Gasteiger partial charge in [0, 0.05) is 49.2 Å². The van der Waals surface area contributed by atoms with E-state index in [-0.39, 0.29) is 37.0 Å². The van der Waals surface area contributed by atoms with E-state index >= 15 is 0 Å². The fraction of sp³-hybridized carbons (Fsp3) is 0.395. The van der Waals surface area contributed by atoms with Crippen molar-refractivity contribution in [2.24, 2.45) is 0 Å². The van der Waals surface area contributed by atoms with Crippen LogP contribution in [0.5, 0.6) is 5.75 Å². The molecule has 15 heteroatoms. The molecule has 0 aliphatic carbocycles. The van der Waals surface area contributed by atoms with Crippen LogP contribution in [0.4, 0.5) is 30.6 Å². The minimum absolute atomic E-state index is 0.0138. The second kappa shape index (κ2) is 14.2. The van der Waals surface area contributed by atoms with Crippen LogP contribution in [-0.2, 0) is 31.4 Å². The molecule has 3 aliphatic rings. The smallest absolute Gasteiger partial charge is 0.332 e. The van der Waals surface area contributed by atoms with E-state index in [1.807, 2.05) is 36.4 Å². The monoisotopic (exact) mass is 729 g/mol. The molecule has 4 aromatic rings. The number of nitrogens with zero attached hydrogens (tertiary/aromatic N) is 7. The van der Waals surface area contributed by atoms with E-state index in [1.165, 1.54) is 35.2 Å². The number of hydrogen-bond acceptors (Lipinski definition) is 10. The first-order valence-corrected chi connectivity index (χ1v) is 17.5. The van der Waals surface area contributed by atoms with Crippen molar-refractivity contribution in [3.8, 4) is 5.75 Å². The first kappa shape index (κ1) is 36.0. The standard InChI is InChI=1S/C38H41F2N7O6/c1-25(26(2)48)47-36(50)46(35(49)37(47,3)4)30-8-6-28(7-9-30)43-15-17-44(18-16-43)29-10-12-31(13-11-29)51-20-32-21-52-38(53-32,22-45-24-41-23-42-45)33-14-5-27(39)19-34(33)40/h5-14,19,23-25,32H,15-18,20-22H2,1-4H3. The SMILES string of the molecule is CC(=O)C(C)N1C(=O)N(c2ccc(N3CCN(c4ccc(OCC5COC(Cn6cncn6)(c6ccc(F)cc6F)O5)cc4)CC3)cc2)C(=O)C1(C)C. The Kier molecular flexibility index (Phi) is 9.63. The number of ether oxygens (including phenoxy) is 3. The highest BCUT2D eigenvalue weighted by atomic mass is 19.1. The van der Waals surface area contributed by atoms with Crippen molar-refractivity contribution in [2.75, 3.05) is 54.1 Å². The van der Waals surface area contributed by atoms with Gasteiger partial charge >= 0.3 is 6.03 Å². The highest BCUT2D eigenvalue weighted by molar-refractivity contribution is 6.23. The lowest BCUT2D eigenvalue weighted by Crippen LogP contribution is -2.51. The maximum atomic E-state index is 14.9. The average Bonchev–Trinajstić information content (AvgIpc) is 3.85. The topological polar surface area (TPSA) is 123 Å². The van der Waals surface area contributed by atoms with Gasteiger partial charge < -0.3 is 28.9 Å². The van der Waals surface area contributed by atoms with Gasteiger partial charge in [-0.2, -0.15) is 5.10 Å². The number of piperazine rings is 1. The summed E-state index contributed by atoms with van der Waals surface area (Å²) in [5.41, 5.74) is 1.42. The zero-order valence-corrected chi connectivity index (χ0v) is 29.9. The Balaban J connectivity index is 0.927. The van der Waals surface area contributed by atoms with E-state index in [2.05, 4.69) is 19.9 Å². The van der Waals surface area contributed by atoms with E-state index in [4.69, 9.17) is 14.2 Å². The van der Waals surface area contributed by atoms with Crippen molar-refractivity contribution in [1.29, 1.82) is 0 Å². The molecule has 1 aromatic heterocycles. The number of halogens is 2. The van der Waals surface area contributed by atoms with Crippen LogP contribution in [0, 0.1) is 11.6 Å². The fourth-order valence-corrected chi connectivity index (χ4v) is 7.13. The van der Waals surface area contributed by atoms with Gasteiger partial charge in [-0.1, -0.05) is 0 Å². The summed E-state index contributed by atoms with van der Waals surface area (Å²) >= 11 is 0. The molecule has 0 N–H and O–H groups in total. The van der Waals surface area contributed by atoms with Gasteiger partial charge in [0.15, 0.2) is 5.78 Å². The molecule has 3 unspecified atom stereocenters. The Morgan fingerprint density at radius 2 is 1.57 bits per heavy atom. The molecular weight excluding hydrogens is 688 g/mol. The summed E-state index contributed by atoms with van der Waals surface area (Å²) in [6, 6.07) is 17.2. The van der Waals surface area contributed by atoms with Crippen LogP contribution in [0.15, 0.2) is 79.4 Å². The zero-order valence-electron chi connectivity index (χ0n) is 29.9.